The van der Waals surface area contributed by atoms with E-state index in [-0.39, 0.29) is 24.4 Å². The predicted molar refractivity (Wildman–Crippen MR) is 69.1 cm³/mol. The highest BCUT2D eigenvalue weighted by Crippen LogP contribution is 2.18. The topological polar surface area (TPSA) is 46.3 Å². The van der Waals surface area contributed by atoms with Crippen molar-refractivity contribution < 1.29 is 4.79 Å². The Balaban J connectivity index is 0.00000128. The quantitative estimate of drug-likeness (QED) is 0.899. The second-order valence-corrected chi connectivity index (χ2v) is 4.91. The minimum Gasteiger partial charge on any atom is -0.338 e. The molecule has 2 rings (SSSR count). The highest BCUT2D eigenvalue weighted by Gasteiger charge is 2.27. The molecular weight excluding hydrogens is 244 g/mol. The van der Waals surface area contributed by atoms with Gasteiger partial charge in [0.15, 0.2) is 0 Å². The second-order valence-electron chi connectivity index (χ2n) is 3.88. The number of nitrogens with zero attached hydrogens (tertiary/aromatic N) is 1. The average molecular weight is 261 g/mol. The van der Waals surface area contributed by atoms with Gasteiger partial charge in [0.2, 0.25) is 5.91 Å². The van der Waals surface area contributed by atoms with Crippen molar-refractivity contribution in [3.63, 3.8) is 0 Å². The van der Waals surface area contributed by atoms with Crippen molar-refractivity contribution in [1.82, 2.24) is 4.90 Å². The van der Waals surface area contributed by atoms with Gasteiger partial charge in [0.25, 0.3) is 0 Å². The summed E-state index contributed by atoms with van der Waals surface area (Å²) in [5, 5.41) is 2.01. The molecule has 0 bridgehead atoms. The number of thiophene rings is 1. The standard InChI is InChI=1S/C11H16N2OS.ClH/c12-8-9-3-1-5-13(9)11(14)7-10-4-2-6-15-10;/h2,4,6,9H,1,3,5,7-8,12H2;1H. The van der Waals surface area contributed by atoms with Crippen LogP contribution < -0.4 is 5.73 Å². The zero-order valence-corrected chi connectivity index (χ0v) is 10.7. The summed E-state index contributed by atoms with van der Waals surface area (Å²) < 4.78 is 0. The molecule has 0 aromatic carbocycles. The van der Waals surface area contributed by atoms with E-state index in [1.807, 2.05) is 22.4 Å². The van der Waals surface area contributed by atoms with Crippen molar-refractivity contribution in [3.05, 3.63) is 22.4 Å². The van der Waals surface area contributed by atoms with Crippen LogP contribution >= 0.6 is 23.7 Å². The molecular formula is C11H17ClN2OS. The maximum Gasteiger partial charge on any atom is 0.228 e. The number of likely N-dealkylation sites (tertiary alicyclic amines) is 1. The molecule has 1 atom stereocenters. The Labute approximate surface area is 106 Å². The Bertz CT molecular complexity index is 329. The van der Waals surface area contributed by atoms with Crippen LogP contribution in [0.25, 0.3) is 0 Å². The van der Waals surface area contributed by atoms with Crippen molar-refractivity contribution in [2.75, 3.05) is 13.1 Å². The summed E-state index contributed by atoms with van der Waals surface area (Å²) in [6.07, 6.45) is 2.69. The lowest BCUT2D eigenvalue weighted by Crippen LogP contribution is -2.40. The molecule has 1 saturated heterocycles. The first kappa shape index (κ1) is 13.5. The molecule has 1 aliphatic rings. The summed E-state index contributed by atoms with van der Waals surface area (Å²) in [7, 11) is 0. The highest BCUT2D eigenvalue weighted by atomic mass is 35.5. The molecule has 5 heteroatoms. The summed E-state index contributed by atoms with van der Waals surface area (Å²) in [4.78, 5) is 15.0. The molecule has 2 heterocycles. The van der Waals surface area contributed by atoms with Crippen LogP contribution in [0, 0.1) is 0 Å². The van der Waals surface area contributed by atoms with E-state index in [1.54, 1.807) is 11.3 Å². The minimum absolute atomic E-state index is 0. The Hall–Kier alpha value is -0.580. The van der Waals surface area contributed by atoms with Gasteiger partial charge in [-0.2, -0.15) is 0 Å². The maximum absolute atomic E-state index is 12.0. The molecule has 1 amide bonds. The van der Waals surface area contributed by atoms with Crippen LogP contribution in [0.15, 0.2) is 17.5 Å². The second kappa shape index (κ2) is 6.23. The summed E-state index contributed by atoms with van der Waals surface area (Å²) in [5.74, 6) is 0.227. The lowest BCUT2D eigenvalue weighted by Gasteiger charge is -2.23. The number of hydrogen-bond acceptors (Lipinski definition) is 3. The first-order valence-electron chi connectivity index (χ1n) is 5.33. The van der Waals surface area contributed by atoms with Crippen LogP contribution in [0.2, 0.25) is 0 Å². The van der Waals surface area contributed by atoms with Crippen LogP contribution in [-0.4, -0.2) is 29.9 Å². The fraction of sp³-hybridized carbons (Fsp3) is 0.545. The zero-order valence-electron chi connectivity index (χ0n) is 9.09. The van der Waals surface area contributed by atoms with Crippen LogP contribution in [0.3, 0.4) is 0 Å². The van der Waals surface area contributed by atoms with Gasteiger partial charge in [-0.25, -0.2) is 0 Å². The zero-order chi connectivity index (χ0) is 10.7. The van der Waals surface area contributed by atoms with Gasteiger partial charge in [-0.1, -0.05) is 6.07 Å². The van der Waals surface area contributed by atoms with Gasteiger partial charge in [0.05, 0.1) is 6.42 Å². The summed E-state index contributed by atoms with van der Waals surface area (Å²) >= 11 is 1.64. The molecule has 0 aliphatic carbocycles. The van der Waals surface area contributed by atoms with Gasteiger partial charge in [-0.3, -0.25) is 4.79 Å². The van der Waals surface area contributed by atoms with Crippen LogP contribution in [0.4, 0.5) is 0 Å². The summed E-state index contributed by atoms with van der Waals surface area (Å²) in [5.41, 5.74) is 5.64. The largest absolute Gasteiger partial charge is 0.338 e. The molecule has 16 heavy (non-hydrogen) atoms. The number of amides is 1. The van der Waals surface area contributed by atoms with Gasteiger partial charge in [0, 0.05) is 24.0 Å². The van der Waals surface area contributed by atoms with Gasteiger partial charge in [0.1, 0.15) is 0 Å². The van der Waals surface area contributed by atoms with Crippen molar-refractivity contribution in [3.8, 4) is 0 Å². The molecule has 1 aromatic rings. The highest BCUT2D eigenvalue weighted by molar-refractivity contribution is 7.10. The third-order valence-corrected chi connectivity index (χ3v) is 3.75. The van der Waals surface area contributed by atoms with E-state index in [0.717, 1.165) is 24.3 Å². The number of rotatable bonds is 3. The molecule has 0 saturated carbocycles. The molecule has 1 aromatic heterocycles. The average Bonchev–Trinajstić information content (AvgIpc) is 2.86. The van der Waals surface area contributed by atoms with Gasteiger partial charge >= 0.3 is 0 Å². The van der Waals surface area contributed by atoms with Gasteiger partial charge < -0.3 is 10.6 Å². The van der Waals surface area contributed by atoms with Crippen LogP contribution in [-0.2, 0) is 11.2 Å². The molecule has 1 aliphatic heterocycles. The predicted octanol–water partition coefficient (Wildman–Crippen LogP) is 1.66. The minimum atomic E-state index is 0. The van der Waals surface area contributed by atoms with Gasteiger partial charge in [-0.15, -0.1) is 23.7 Å². The SMILES string of the molecule is Cl.NCC1CCCN1C(=O)Cc1cccs1. The number of carbonyl (C=O) groups excluding carboxylic acids is 1. The lowest BCUT2D eigenvalue weighted by atomic mass is 10.2. The Kier molecular flexibility index (Phi) is 5.25. The van der Waals surface area contributed by atoms with E-state index >= 15 is 0 Å². The third-order valence-electron chi connectivity index (χ3n) is 2.88. The number of halogens is 1. The van der Waals surface area contributed by atoms with E-state index < -0.39 is 0 Å². The molecule has 1 fully saturated rings. The fourth-order valence-electron chi connectivity index (χ4n) is 2.07. The molecule has 3 nitrogen and oxygen atoms in total. The lowest BCUT2D eigenvalue weighted by molar-refractivity contribution is -0.131. The Morgan fingerprint density at radius 2 is 2.44 bits per heavy atom. The van der Waals surface area contributed by atoms with Crippen molar-refractivity contribution in [1.29, 1.82) is 0 Å². The molecule has 1 unspecified atom stereocenters. The normalized spacial score (nSPS) is 19.6. The summed E-state index contributed by atoms with van der Waals surface area (Å²) in [6.45, 7) is 1.47. The van der Waals surface area contributed by atoms with Crippen molar-refractivity contribution in [2.45, 2.75) is 25.3 Å². The number of carbonyl (C=O) groups is 1. The smallest absolute Gasteiger partial charge is 0.228 e. The third kappa shape index (κ3) is 2.97. The Morgan fingerprint density at radius 3 is 3.06 bits per heavy atom. The van der Waals surface area contributed by atoms with E-state index in [9.17, 15) is 4.79 Å². The van der Waals surface area contributed by atoms with Gasteiger partial charge in [-0.05, 0) is 24.3 Å². The summed E-state index contributed by atoms with van der Waals surface area (Å²) in [6, 6.07) is 4.27. The molecule has 90 valence electrons. The number of nitrogens with two attached hydrogens (primary N) is 1. The van der Waals surface area contributed by atoms with Crippen molar-refractivity contribution in [2.24, 2.45) is 5.73 Å². The first-order chi connectivity index (χ1) is 7.31. The maximum atomic E-state index is 12.0. The fourth-order valence-corrected chi connectivity index (χ4v) is 2.77. The first-order valence-corrected chi connectivity index (χ1v) is 6.21. The van der Waals surface area contributed by atoms with Crippen molar-refractivity contribution >= 4 is 29.7 Å². The van der Waals surface area contributed by atoms with Crippen LogP contribution in [0.5, 0.6) is 0 Å². The molecule has 2 N–H and O–H groups in total. The van der Waals surface area contributed by atoms with Crippen LogP contribution in [0.1, 0.15) is 17.7 Å². The van der Waals surface area contributed by atoms with E-state index in [4.69, 9.17) is 5.73 Å². The number of hydrogen-bond donors (Lipinski definition) is 1. The van der Waals surface area contributed by atoms with E-state index in [1.165, 1.54) is 0 Å². The Morgan fingerprint density at radius 1 is 1.62 bits per heavy atom. The van der Waals surface area contributed by atoms with E-state index in [0.29, 0.717) is 13.0 Å². The monoisotopic (exact) mass is 260 g/mol. The molecule has 0 spiro atoms. The molecule has 0 radical (unpaired) electrons. The van der Waals surface area contributed by atoms with E-state index in [2.05, 4.69) is 0 Å².